The van der Waals surface area contributed by atoms with Gasteiger partial charge in [0, 0.05) is 117 Å². The van der Waals surface area contributed by atoms with Crippen LogP contribution in [0.3, 0.4) is 0 Å². The summed E-state index contributed by atoms with van der Waals surface area (Å²) in [5.74, 6) is 0. The van der Waals surface area contributed by atoms with E-state index in [2.05, 4.69) is 152 Å². The summed E-state index contributed by atoms with van der Waals surface area (Å²) < 4.78 is 0. The van der Waals surface area contributed by atoms with Crippen LogP contribution in [0.15, 0.2) is 259 Å². The lowest BCUT2D eigenvalue weighted by Crippen LogP contribution is -2.74. The highest BCUT2D eigenvalue weighted by Crippen LogP contribution is 2.45. The van der Waals surface area contributed by atoms with Gasteiger partial charge in [-0.05, 0) is 156 Å². The highest BCUT2D eigenvalue weighted by atomic mass is 28.3. The first kappa shape index (κ1) is 51.8. The fourth-order valence-corrected chi connectivity index (χ4v) is 20.4. The number of hydrogen-bond donors (Lipinski definition) is 0. The van der Waals surface area contributed by atoms with E-state index in [1.807, 2.05) is 98.1 Å². The van der Waals surface area contributed by atoms with Crippen LogP contribution in [0.25, 0.3) is 98.9 Å². The number of fused-ring (bicyclic) bond motifs is 24. The molecule has 432 valence electrons. The number of rotatable bonds is 8. The minimum Gasteiger partial charge on any atom is -0.256 e. The van der Waals surface area contributed by atoms with Crippen LogP contribution in [0.2, 0.25) is 0 Å². The second-order valence-electron chi connectivity index (χ2n) is 24.7. The topological polar surface area (TPSA) is 140 Å². The molecule has 20 rings (SSSR count). The number of aromatic nitrogens is 8. The largest absolute Gasteiger partial charge is 0.256 e. The van der Waals surface area contributed by atoms with Gasteiger partial charge in [0.2, 0.25) is 0 Å². The fourth-order valence-electron chi connectivity index (χ4n) is 15.8. The molecule has 12 heteroatoms. The lowest BCUT2D eigenvalue weighted by molar-refractivity contribution is 1.32. The lowest BCUT2D eigenvalue weighted by Gasteiger charge is -2.35. The summed E-state index contributed by atoms with van der Waals surface area (Å²) in [6.07, 6.45) is 20.1. The molecule has 3 aliphatic heterocycles. The third-order valence-electron chi connectivity index (χ3n) is 20.0. The van der Waals surface area contributed by atoms with Crippen molar-refractivity contribution in [3.63, 3.8) is 0 Å². The molecule has 8 aromatic heterocycles. The number of aliphatic imine (C=N–C) groups is 3. The Kier molecular flexibility index (Phi) is 11.2. The molecule has 0 radical (unpaired) electrons. The van der Waals surface area contributed by atoms with E-state index in [9.17, 15) is 0 Å². The Bertz CT molecular complexity index is 5350. The van der Waals surface area contributed by atoms with Gasteiger partial charge in [0.25, 0.3) is 0 Å². The molecule has 0 atom stereocenters. The molecule has 16 aromatic rings. The summed E-state index contributed by atoms with van der Waals surface area (Å²) in [6, 6.07) is 70.9. The maximum atomic E-state index is 5.44. The predicted octanol–water partition coefficient (Wildman–Crippen LogP) is 14.6. The normalized spacial score (nSPS) is 14.1. The Morgan fingerprint density at radius 1 is 0.237 bits per heavy atom. The van der Waals surface area contributed by atoms with Crippen molar-refractivity contribution < 1.29 is 0 Å². The fraction of sp³-hybridized carbons (Fsp3) is 0.0494. The molecule has 1 aliphatic carbocycles. The van der Waals surface area contributed by atoms with E-state index in [1.54, 1.807) is 0 Å². The van der Waals surface area contributed by atoms with Gasteiger partial charge in [-0.1, -0.05) is 121 Å². The van der Waals surface area contributed by atoms with E-state index in [0.29, 0.717) is 19.3 Å². The van der Waals surface area contributed by atoms with Crippen molar-refractivity contribution in [2.24, 2.45) is 15.0 Å². The maximum Gasteiger partial charge on any atom is 0.179 e. The van der Waals surface area contributed by atoms with E-state index in [4.69, 9.17) is 54.8 Å². The maximum absolute atomic E-state index is 5.44. The molecule has 0 amide bonds. The van der Waals surface area contributed by atoms with Crippen LogP contribution < -0.4 is 20.7 Å². The Labute approximate surface area is 533 Å². The van der Waals surface area contributed by atoms with Gasteiger partial charge in [0.05, 0.1) is 78.3 Å². The molecule has 0 bridgehead atoms. The van der Waals surface area contributed by atoms with Gasteiger partial charge in [-0.3, -0.25) is 39.9 Å². The molecule has 8 aromatic carbocycles. The molecule has 11 nitrogen and oxygen atoms in total. The molecular weight excluding hydrogens is 1160 g/mol. The van der Waals surface area contributed by atoms with Crippen LogP contribution in [0.4, 0.5) is 17.1 Å². The van der Waals surface area contributed by atoms with Crippen LogP contribution in [0, 0.1) is 0 Å². The molecule has 4 aliphatic rings. The van der Waals surface area contributed by atoms with Crippen LogP contribution in [-0.4, -0.2) is 65.1 Å². The second-order valence-corrected chi connectivity index (χ2v) is 28.5. The number of benzene rings is 8. The average molecular weight is 1200 g/mol. The number of allylic oxidation sites excluding steroid dienone is 1. The van der Waals surface area contributed by atoms with Crippen molar-refractivity contribution in [1.82, 2.24) is 39.9 Å². The van der Waals surface area contributed by atoms with Crippen molar-refractivity contribution in [2.45, 2.75) is 25.7 Å². The highest BCUT2D eigenvalue weighted by Gasteiger charge is 2.42. The van der Waals surface area contributed by atoms with Gasteiger partial charge in [-0.15, -0.1) is 0 Å². The molecule has 0 fully saturated rings. The van der Waals surface area contributed by atoms with Crippen LogP contribution >= 0.6 is 0 Å². The third kappa shape index (κ3) is 7.67. The molecule has 0 unspecified atom stereocenters. The van der Waals surface area contributed by atoms with Crippen LogP contribution in [-0.2, 0) is 25.7 Å². The molecule has 93 heavy (non-hydrogen) atoms. The zero-order valence-electron chi connectivity index (χ0n) is 49.9. The second kappa shape index (κ2) is 20.0. The van der Waals surface area contributed by atoms with Crippen molar-refractivity contribution in [1.29, 1.82) is 0 Å². The Hall–Kier alpha value is -12.0. The zero-order valence-corrected chi connectivity index (χ0v) is 50.9. The SMILES string of the molecule is C1=C(c2ccc([Si](c3ccc(C4=Nc5c(c6cccnc6c6cccnc56)C4)cc3)(c3ccc(C4=Nc5c(c6cccnc6c6cccnc56)C4)cc3)c3ccc(C4=Nc5c(c6cccnc6c6cccnc56)C4)cc3)cc2)Cc2c1c1ncccc1c1ncccc21. The van der Waals surface area contributed by atoms with Crippen molar-refractivity contribution in [2.75, 3.05) is 0 Å². The van der Waals surface area contributed by atoms with E-state index in [-0.39, 0.29) is 0 Å². The molecular formula is C81H49N11Si. The predicted molar refractivity (Wildman–Crippen MR) is 380 cm³/mol. The quantitative estimate of drug-likeness (QED) is 0.0832. The summed E-state index contributed by atoms with van der Waals surface area (Å²) in [7, 11) is -3.31. The molecule has 0 N–H and O–H groups in total. The average Bonchev–Trinajstić information content (AvgIpc) is 1.37. The Morgan fingerprint density at radius 3 is 0.839 bits per heavy atom. The number of nitrogens with zero attached hydrogens (tertiary/aromatic N) is 11. The van der Waals surface area contributed by atoms with Crippen molar-refractivity contribution in [3.8, 4) is 0 Å². The zero-order chi connectivity index (χ0) is 60.9. The highest BCUT2D eigenvalue weighted by molar-refractivity contribution is 7.20. The van der Waals surface area contributed by atoms with Gasteiger partial charge in [-0.25, -0.2) is 15.0 Å². The van der Waals surface area contributed by atoms with Gasteiger partial charge in [0.15, 0.2) is 8.07 Å². The van der Waals surface area contributed by atoms with E-state index < -0.39 is 8.07 Å². The van der Waals surface area contributed by atoms with Gasteiger partial charge < -0.3 is 0 Å². The first-order chi connectivity index (χ1) is 46.1. The summed E-state index contributed by atoms with van der Waals surface area (Å²) in [4.78, 5) is 55.5. The van der Waals surface area contributed by atoms with Crippen LogP contribution in [0.1, 0.15) is 50.1 Å². The molecule has 0 saturated heterocycles. The minimum absolute atomic E-state index is 0.673. The number of hydrogen-bond acceptors (Lipinski definition) is 11. The van der Waals surface area contributed by atoms with Crippen molar-refractivity contribution in [3.05, 3.63) is 294 Å². The Morgan fingerprint density at radius 2 is 0.505 bits per heavy atom. The first-order valence-corrected chi connectivity index (χ1v) is 33.5. The van der Waals surface area contributed by atoms with E-state index in [1.165, 1.54) is 48.4 Å². The summed E-state index contributed by atoms with van der Waals surface area (Å²) >= 11 is 0. The van der Waals surface area contributed by atoms with Gasteiger partial charge in [-0.2, -0.15) is 0 Å². The number of pyridine rings is 8. The molecule has 0 saturated carbocycles. The smallest absolute Gasteiger partial charge is 0.179 e. The van der Waals surface area contributed by atoms with E-state index >= 15 is 0 Å². The summed E-state index contributed by atoms with van der Waals surface area (Å²) in [5.41, 5.74) is 24.9. The molecule has 11 heterocycles. The summed E-state index contributed by atoms with van der Waals surface area (Å²) in [5, 5.41) is 13.6. The summed E-state index contributed by atoms with van der Waals surface area (Å²) in [6.45, 7) is 0. The lowest BCUT2D eigenvalue weighted by atomic mass is 9.98. The Balaban J connectivity index is 0.759. The first-order valence-electron chi connectivity index (χ1n) is 31.5. The van der Waals surface area contributed by atoms with Crippen molar-refractivity contribution >= 4 is 162 Å². The van der Waals surface area contributed by atoms with E-state index in [0.717, 1.165) is 156 Å². The third-order valence-corrected chi connectivity index (χ3v) is 24.8. The van der Waals surface area contributed by atoms with Gasteiger partial charge in [0.1, 0.15) is 0 Å². The molecule has 0 spiro atoms. The monoisotopic (exact) mass is 1200 g/mol. The minimum atomic E-state index is -3.31. The standard InChI is InChI=1S/C81H49N11Si/c1-9-55-63-41-50(42-64(63)75-59(13-5-37-86-75)71(55)82-33-1)46-17-25-51(26-18-46)93(52-27-19-47(20-28-52)68-43-65-56-10-2-34-83-72(56)60-14-6-38-87-76(60)79(65)90-68,53-29-21-48(22-30-53)69-44-66-57-11-3-35-84-73(57)61-15-7-39-88-77(61)80(66)91-69)54-31-23-49(24-32-54)70-45-67-58-12-4-36-85-74(58)62-16-8-40-89-78(62)81(67)92-70/h1-40,42H,41,43-45H2. The van der Waals surface area contributed by atoms with Crippen LogP contribution in [0.5, 0.6) is 0 Å². The van der Waals surface area contributed by atoms with Gasteiger partial charge >= 0.3 is 0 Å².